The lowest BCUT2D eigenvalue weighted by Crippen LogP contribution is -1.97. The zero-order valence-electron chi connectivity index (χ0n) is 11.0. The van der Waals surface area contributed by atoms with Gasteiger partial charge < -0.3 is 9.13 Å². The van der Waals surface area contributed by atoms with Crippen LogP contribution in [0.25, 0.3) is 22.3 Å². The highest BCUT2D eigenvalue weighted by Crippen LogP contribution is 2.32. The number of aryl methyl sites for hydroxylation is 2. The van der Waals surface area contributed by atoms with E-state index < -0.39 is 0 Å². The second-order valence-electron chi connectivity index (χ2n) is 4.57. The summed E-state index contributed by atoms with van der Waals surface area (Å²) < 4.78 is 4.42. The molecule has 2 aromatic heterocycles. The maximum atomic E-state index is 4.53. The molecule has 0 aliphatic heterocycles. The van der Waals surface area contributed by atoms with Crippen molar-refractivity contribution < 1.29 is 0 Å². The van der Waals surface area contributed by atoms with Crippen LogP contribution >= 0.6 is 0 Å². The second kappa shape index (κ2) is 4.02. The molecule has 0 N–H and O–H groups in total. The summed E-state index contributed by atoms with van der Waals surface area (Å²) >= 11 is 0. The highest BCUT2D eigenvalue weighted by Gasteiger charge is 2.16. The molecule has 92 valence electrons. The number of imidazole rings is 1. The lowest BCUT2D eigenvalue weighted by Gasteiger charge is -2.05. The number of benzene rings is 1. The van der Waals surface area contributed by atoms with Gasteiger partial charge in [-0.1, -0.05) is 18.2 Å². The molecule has 18 heavy (non-hydrogen) atoms. The maximum absolute atomic E-state index is 4.53. The molecular formula is C15H17N3. The van der Waals surface area contributed by atoms with Crippen LogP contribution in [0.1, 0.15) is 12.6 Å². The van der Waals surface area contributed by atoms with Gasteiger partial charge in [0.1, 0.15) is 5.82 Å². The van der Waals surface area contributed by atoms with E-state index in [1.54, 1.807) is 0 Å². The monoisotopic (exact) mass is 239 g/mol. The average Bonchev–Trinajstić information content (AvgIpc) is 2.95. The Kier molecular flexibility index (Phi) is 2.47. The molecule has 3 heteroatoms. The van der Waals surface area contributed by atoms with Crippen LogP contribution in [0, 0.1) is 6.92 Å². The van der Waals surface area contributed by atoms with E-state index in [1.165, 1.54) is 22.2 Å². The third-order valence-electron chi connectivity index (χ3n) is 3.68. The number of rotatable bonds is 2. The van der Waals surface area contributed by atoms with Crippen molar-refractivity contribution in [1.82, 2.24) is 14.1 Å². The molecule has 0 unspecified atom stereocenters. The van der Waals surface area contributed by atoms with Crippen LogP contribution in [0.5, 0.6) is 0 Å². The van der Waals surface area contributed by atoms with Gasteiger partial charge in [-0.25, -0.2) is 4.98 Å². The minimum absolute atomic E-state index is 0.942. The summed E-state index contributed by atoms with van der Waals surface area (Å²) in [6.07, 6.45) is 3.91. The summed E-state index contributed by atoms with van der Waals surface area (Å²) in [5.41, 5.74) is 3.77. The molecular weight excluding hydrogens is 222 g/mol. The molecule has 0 fully saturated rings. The first kappa shape index (κ1) is 11.1. The Morgan fingerprint density at radius 2 is 2.00 bits per heavy atom. The van der Waals surface area contributed by atoms with Gasteiger partial charge in [0.05, 0.1) is 0 Å². The molecule has 3 nitrogen and oxygen atoms in total. The first-order chi connectivity index (χ1) is 8.74. The summed E-state index contributed by atoms with van der Waals surface area (Å²) in [5, 5.41) is 1.28. The van der Waals surface area contributed by atoms with Crippen LogP contribution in [0.4, 0.5) is 0 Å². The fraction of sp³-hybridized carbons (Fsp3) is 0.267. The van der Waals surface area contributed by atoms with Gasteiger partial charge >= 0.3 is 0 Å². The maximum Gasteiger partial charge on any atom is 0.142 e. The predicted octanol–water partition coefficient (Wildman–Crippen LogP) is 3.37. The van der Waals surface area contributed by atoms with Crippen molar-refractivity contribution in [1.29, 1.82) is 0 Å². The van der Waals surface area contributed by atoms with Gasteiger partial charge in [0.2, 0.25) is 0 Å². The van der Waals surface area contributed by atoms with Crippen molar-refractivity contribution in [3.05, 3.63) is 42.4 Å². The van der Waals surface area contributed by atoms with Crippen molar-refractivity contribution in [3.8, 4) is 11.4 Å². The third kappa shape index (κ3) is 1.40. The molecule has 2 heterocycles. The number of fused-ring (bicyclic) bond motifs is 1. The van der Waals surface area contributed by atoms with Crippen molar-refractivity contribution >= 4 is 10.9 Å². The summed E-state index contributed by atoms with van der Waals surface area (Å²) in [6.45, 7) is 5.24. The normalized spacial score (nSPS) is 11.3. The van der Waals surface area contributed by atoms with Crippen LogP contribution in [-0.2, 0) is 13.6 Å². The molecule has 0 saturated carbocycles. The topological polar surface area (TPSA) is 22.8 Å². The molecule has 0 radical (unpaired) electrons. The van der Waals surface area contributed by atoms with Crippen molar-refractivity contribution in [2.75, 3.05) is 0 Å². The van der Waals surface area contributed by atoms with E-state index in [2.05, 4.69) is 59.3 Å². The Labute approximate surface area is 107 Å². The van der Waals surface area contributed by atoms with Crippen LogP contribution in [-0.4, -0.2) is 14.1 Å². The highest BCUT2D eigenvalue weighted by atomic mass is 15.1. The predicted molar refractivity (Wildman–Crippen MR) is 74.6 cm³/mol. The Bertz CT molecular complexity index is 704. The van der Waals surface area contributed by atoms with Crippen molar-refractivity contribution in [2.45, 2.75) is 20.4 Å². The Morgan fingerprint density at radius 1 is 1.22 bits per heavy atom. The van der Waals surface area contributed by atoms with Crippen LogP contribution < -0.4 is 0 Å². The third-order valence-corrected chi connectivity index (χ3v) is 3.68. The standard InChI is InChI=1S/C15H17N3/c1-4-18-10-9-16-15(18)14-11(2)17(3)13-8-6-5-7-12(13)14/h5-10H,4H2,1-3H3. The smallest absolute Gasteiger partial charge is 0.142 e. The molecule has 3 rings (SSSR count). The number of nitrogens with zero attached hydrogens (tertiary/aromatic N) is 3. The van der Waals surface area contributed by atoms with E-state index >= 15 is 0 Å². The summed E-state index contributed by atoms with van der Waals surface area (Å²) in [6, 6.07) is 8.50. The van der Waals surface area contributed by atoms with Crippen LogP contribution in [0.15, 0.2) is 36.7 Å². The van der Waals surface area contributed by atoms with Gasteiger partial charge in [-0.3, -0.25) is 0 Å². The highest BCUT2D eigenvalue weighted by molar-refractivity contribution is 5.96. The molecule has 0 amide bonds. The Hall–Kier alpha value is -2.03. The number of hydrogen-bond donors (Lipinski definition) is 0. The van der Waals surface area contributed by atoms with E-state index in [-0.39, 0.29) is 0 Å². The molecule has 0 atom stereocenters. The molecule has 0 aliphatic carbocycles. The van der Waals surface area contributed by atoms with Gasteiger partial charge in [0, 0.05) is 48.1 Å². The molecule has 0 aliphatic rings. The van der Waals surface area contributed by atoms with Gasteiger partial charge in [0.25, 0.3) is 0 Å². The minimum Gasteiger partial charge on any atom is -0.347 e. The molecule has 0 spiro atoms. The SMILES string of the molecule is CCn1ccnc1-c1c(C)n(C)c2ccccc12. The average molecular weight is 239 g/mol. The molecule has 0 saturated heterocycles. The zero-order chi connectivity index (χ0) is 12.7. The van der Waals surface area contributed by atoms with E-state index in [0.717, 1.165) is 12.4 Å². The summed E-state index contributed by atoms with van der Waals surface area (Å²) in [4.78, 5) is 4.53. The Balaban J connectivity index is 2.39. The van der Waals surface area contributed by atoms with Crippen LogP contribution in [0.2, 0.25) is 0 Å². The largest absolute Gasteiger partial charge is 0.347 e. The zero-order valence-corrected chi connectivity index (χ0v) is 11.0. The quantitative estimate of drug-likeness (QED) is 0.672. The minimum atomic E-state index is 0.942. The van der Waals surface area contributed by atoms with Gasteiger partial charge in [-0.15, -0.1) is 0 Å². The van der Waals surface area contributed by atoms with Gasteiger partial charge in [0.15, 0.2) is 0 Å². The number of para-hydroxylation sites is 1. The van der Waals surface area contributed by atoms with Crippen LogP contribution in [0.3, 0.4) is 0 Å². The fourth-order valence-corrected chi connectivity index (χ4v) is 2.60. The number of aromatic nitrogens is 3. The second-order valence-corrected chi connectivity index (χ2v) is 4.57. The molecule has 3 aromatic rings. The summed E-state index contributed by atoms with van der Waals surface area (Å²) in [5.74, 6) is 1.06. The van der Waals surface area contributed by atoms with Crippen molar-refractivity contribution in [2.24, 2.45) is 7.05 Å². The van der Waals surface area contributed by atoms with E-state index in [4.69, 9.17) is 0 Å². The number of hydrogen-bond acceptors (Lipinski definition) is 1. The summed E-state index contributed by atoms with van der Waals surface area (Å²) in [7, 11) is 2.11. The fourth-order valence-electron chi connectivity index (χ4n) is 2.60. The van der Waals surface area contributed by atoms with E-state index in [9.17, 15) is 0 Å². The van der Waals surface area contributed by atoms with Gasteiger partial charge in [-0.2, -0.15) is 0 Å². The van der Waals surface area contributed by atoms with E-state index in [1.807, 2.05) is 12.4 Å². The van der Waals surface area contributed by atoms with E-state index in [0.29, 0.717) is 0 Å². The van der Waals surface area contributed by atoms with Gasteiger partial charge in [-0.05, 0) is 19.9 Å². The molecule has 0 bridgehead atoms. The molecule has 1 aromatic carbocycles. The Morgan fingerprint density at radius 3 is 2.78 bits per heavy atom. The lowest BCUT2D eigenvalue weighted by molar-refractivity contribution is 0.769. The first-order valence-corrected chi connectivity index (χ1v) is 6.29. The van der Waals surface area contributed by atoms with Crippen molar-refractivity contribution in [3.63, 3.8) is 0 Å². The lowest BCUT2D eigenvalue weighted by atomic mass is 10.1. The first-order valence-electron chi connectivity index (χ1n) is 6.29.